The minimum Gasteiger partial charge on any atom is -0.310 e. The van der Waals surface area contributed by atoms with Crippen molar-refractivity contribution < 1.29 is 4.39 Å². The van der Waals surface area contributed by atoms with E-state index >= 15 is 0 Å². The van der Waals surface area contributed by atoms with Crippen molar-refractivity contribution in [3.05, 3.63) is 34.6 Å². The highest BCUT2D eigenvalue weighted by Crippen LogP contribution is 2.20. The Balaban J connectivity index is 1.91. The van der Waals surface area contributed by atoms with Crippen LogP contribution in [0.15, 0.2) is 18.2 Å². The van der Waals surface area contributed by atoms with E-state index in [-0.39, 0.29) is 10.8 Å². The molecule has 0 bridgehead atoms. The zero-order chi connectivity index (χ0) is 9.97. The Labute approximate surface area is 88.3 Å². The van der Waals surface area contributed by atoms with E-state index in [9.17, 15) is 4.39 Å². The molecular formula is C11H13ClFN. The second-order valence-electron chi connectivity index (χ2n) is 3.76. The zero-order valence-electron chi connectivity index (χ0n) is 7.89. The third-order valence-electron chi connectivity index (χ3n) is 2.68. The van der Waals surface area contributed by atoms with Crippen LogP contribution < -0.4 is 5.32 Å². The Hall–Kier alpha value is -0.600. The molecule has 76 valence electrons. The molecule has 1 aromatic rings. The molecule has 0 unspecified atom stereocenters. The average Bonchev–Trinajstić information content (AvgIpc) is 2.08. The van der Waals surface area contributed by atoms with E-state index in [0.717, 1.165) is 12.1 Å². The molecule has 0 aromatic heterocycles. The lowest BCUT2D eigenvalue weighted by molar-refractivity contribution is 0.338. The van der Waals surface area contributed by atoms with E-state index in [1.807, 2.05) is 0 Å². The van der Waals surface area contributed by atoms with Gasteiger partial charge in [-0.2, -0.15) is 0 Å². The first-order chi connectivity index (χ1) is 6.75. The third-order valence-corrected chi connectivity index (χ3v) is 2.97. The van der Waals surface area contributed by atoms with E-state index < -0.39 is 0 Å². The van der Waals surface area contributed by atoms with Gasteiger partial charge in [-0.25, -0.2) is 4.39 Å². The summed E-state index contributed by atoms with van der Waals surface area (Å²) in [7, 11) is 0. The van der Waals surface area contributed by atoms with Gasteiger partial charge in [-0.15, -0.1) is 0 Å². The largest absolute Gasteiger partial charge is 0.310 e. The molecule has 1 aromatic carbocycles. The van der Waals surface area contributed by atoms with Crippen LogP contribution >= 0.6 is 11.6 Å². The summed E-state index contributed by atoms with van der Waals surface area (Å²) in [5, 5.41) is 3.61. The van der Waals surface area contributed by atoms with Gasteiger partial charge < -0.3 is 5.32 Å². The molecule has 1 N–H and O–H groups in total. The molecule has 0 saturated heterocycles. The first kappa shape index (κ1) is 9.94. The molecule has 1 saturated carbocycles. The number of benzene rings is 1. The molecule has 0 amide bonds. The summed E-state index contributed by atoms with van der Waals surface area (Å²) in [5.74, 6) is -0.348. The Morgan fingerprint density at radius 1 is 1.43 bits per heavy atom. The molecule has 0 radical (unpaired) electrons. The summed E-state index contributed by atoms with van der Waals surface area (Å²) in [5.41, 5.74) is 1.04. The summed E-state index contributed by atoms with van der Waals surface area (Å²) >= 11 is 5.67. The highest BCUT2D eigenvalue weighted by atomic mass is 35.5. The molecule has 0 spiro atoms. The summed E-state index contributed by atoms with van der Waals surface area (Å²) in [6.45, 7) is 0.782. The first-order valence-electron chi connectivity index (χ1n) is 4.93. The van der Waals surface area contributed by atoms with Crippen molar-refractivity contribution in [1.82, 2.24) is 5.32 Å². The minimum absolute atomic E-state index is 0.206. The molecule has 2 rings (SSSR count). The number of halogens is 2. The van der Waals surface area contributed by atoms with Gasteiger partial charge in [0.2, 0.25) is 0 Å². The predicted molar refractivity (Wildman–Crippen MR) is 55.9 cm³/mol. The Kier molecular flexibility index (Phi) is 3.04. The fourth-order valence-electron chi connectivity index (χ4n) is 1.52. The van der Waals surface area contributed by atoms with Crippen LogP contribution in [0.4, 0.5) is 4.39 Å². The van der Waals surface area contributed by atoms with E-state index in [0.29, 0.717) is 6.04 Å². The van der Waals surface area contributed by atoms with Crippen molar-refractivity contribution in [3.63, 3.8) is 0 Å². The highest BCUT2D eigenvalue weighted by molar-refractivity contribution is 6.30. The monoisotopic (exact) mass is 213 g/mol. The lowest BCUT2D eigenvalue weighted by atomic mass is 9.93. The van der Waals surface area contributed by atoms with Crippen molar-refractivity contribution in [1.29, 1.82) is 0 Å². The second kappa shape index (κ2) is 4.28. The number of hydrogen-bond donors (Lipinski definition) is 1. The molecular weight excluding hydrogens is 201 g/mol. The quantitative estimate of drug-likeness (QED) is 0.814. The predicted octanol–water partition coefficient (Wildman–Crippen LogP) is 3.12. The first-order valence-corrected chi connectivity index (χ1v) is 5.31. The SMILES string of the molecule is Fc1ccc(CNC2CCC2)cc1Cl. The Bertz CT molecular complexity index is 323. The maximum atomic E-state index is 12.8. The summed E-state index contributed by atoms with van der Waals surface area (Å²) in [6.07, 6.45) is 3.84. The van der Waals surface area contributed by atoms with Crippen LogP contribution in [-0.2, 0) is 6.54 Å². The van der Waals surface area contributed by atoms with Crippen molar-refractivity contribution in [2.24, 2.45) is 0 Å². The molecule has 0 heterocycles. The average molecular weight is 214 g/mol. The van der Waals surface area contributed by atoms with Crippen molar-refractivity contribution in [2.45, 2.75) is 31.8 Å². The highest BCUT2D eigenvalue weighted by Gasteiger charge is 2.16. The lowest BCUT2D eigenvalue weighted by Gasteiger charge is -2.26. The number of hydrogen-bond acceptors (Lipinski definition) is 1. The van der Waals surface area contributed by atoms with Crippen LogP contribution in [0.3, 0.4) is 0 Å². The van der Waals surface area contributed by atoms with Gasteiger partial charge in [0.05, 0.1) is 5.02 Å². The maximum absolute atomic E-state index is 12.8. The molecule has 0 atom stereocenters. The normalized spacial score (nSPS) is 16.7. The van der Waals surface area contributed by atoms with Gasteiger partial charge in [-0.1, -0.05) is 24.1 Å². The Morgan fingerprint density at radius 2 is 2.21 bits per heavy atom. The van der Waals surface area contributed by atoms with Crippen LogP contribution in [0.5, 0.6) is 0 Å². The summed E-state index contributed by atoms with van der Waals surface area (Å²) < 4.78 is 12.8. The third kappa shape index (κ3) is 2.25. The van der Waals surface area contributed by atoms with Crippen LogP contribution in [-0.4, -0.2) is 6.04 Å². The minimum atomic E-state index is -0.348. The number of nitrogens with one attached hydrogen (secondary N) is 1. The van der Waals surface area contributed by atoms with Gasteiger partial charge in [-0.05, 0) is 30.5 Å². The van der Waals surface area contributed by atoms with Crippen LogP contribution in [0.25, 0.3) is 0 Å². The second-order valence-corrected chi connectivity index (χ2v) is 4.16. The number of rotatable bonds is 3. The lowest BCUT2D eigenvalue weighted by Crippen LogP contribution is -2.34. The van der Waals surface area contributed by atoms with Gasteiger partial charge in [0, 0.05) is 12.6 Å². The molecule has 0 aliphatic heterocycles. The van der Waals surface area contributed by atoms with Crippen LogP contribution in [0.2, 0.25) is 5.02 Å². The van der Waals surface area contributed by atoms with Gasteiger partial charge in [0.15, 0.2) is 0 Å². The van der Waals surface area contributed by atoms with Crippen LogP contribution in [0, 0.1) is 5.82 Å². The molecule has 1 nitrogen and oxygen atoms in total. The van der Waals surface area contributed by atoms with E-state index in [2.05, 4.69) is 5.32 Å². The Morgan fingerprint density at radius 3 is 2.79 bits per heavy atom. The van der Waals surface area contributed by atoms with Crippen LogP contribution in [0.1, 0.15) is 24.8 Å². The fraction of sp³-hybridized carbons (Fsp3) is 0.455. The summed E-state index contributed by atoms with van der Waals surface area (Å²) in [4.78, 5) is 0. The molecule has 1 fully saturated rings. The summed E-state index contributed by atoms with van der Waals surface area (Å²) in [6, 6.07) is 5.52. The van der Waals surface area contributed by atoms with Gasteiger partial charge in [0.1, 0.15) is 5.82 Å². The molecule has 1 aliphatic rings. The van der Waals surface area contributed by atoms with Gasteiger partial charge >= 0.3 is 0 Å². The topological polar surface area (TPSA) is 12.0 Å². The van der Waals surface area contributed by atoms with Gasteiger partial charge in [0.25, 0.3) is 0 Å². The van der Waals surface area contributed by atoms with E-state index in [4.69, 9.17) is 11.6 Å². The van der Waals surface area contributed by atoms with Crippen molar-refractivity contribution >= 4 is 11.6 Å². The van der Waals surface area contributed by atoms with Crippen molar-refractivity contribution in [2.75, 3.05) is 0 Å². The van der Waals surface area contributed by atoms with Gasteiger partial charge in [-0.3, -0.25) is 0 Å². The smallest absolute Gasteiger partial charge is 0.141 e. The van der Waals surface area contributed by atoms with E-state index in [1.165, 1.54) is 25.3 Å². The standard InChI is InChI=1S/C11H13ClFN/c12-10-6-8(4-5-11(10)13)7-14-9-2-1-3-9/h4-6,9,14H,1-3,7H2. The maximum Gasteiger partial charge on any atom is 0.141 e. The van der Waals surface area contributed by atoms with E-state index in [1.54, 1.807) is 12.1 Å². The zero-order valence-corrected chi connectivity index (χ0v) is 8.65. The molecule has 1 aliphatic carbocycles. The fourth-order valence-corrected chi connectivity index (χ4v) is 1.73. The molecule has 14 heavy (non-hydrogen) atoms. The molecule has 3 heteroatoms. The van der Waals surface area contributed by atoms with Crippen molar-refractivity contribution in [3.8, 4) is 0 Å².